The van der Waals surface area contributed by atoms with Crippen LogP contribution < -0.4 is 17.5 Å². The Kier molecular flexibility index (Phi) is 55.3. The molecule has 5 heteroatoms. The van der Waals surface area contributed by atoms with Gasteiger partial charge in [-0.3, -0.25) is 0 Å². The molecule has 0 aliphatic carbocycles. The smallest absolute Gasteiger partial charge is 1.00 e. The van der Waals surface area contributed by atoms with Crippen LogP contribution >= 0.6 is 0 Å². The van der Waals surface area contributed by atoms with Crippen LogP contribution in [-0.4, -0.2) is 49.2 Å². The number of carboxylic acid groups (broad SMARTS) is 1. The molecule has 3 nitrogen and oxygen atoms in total. The monoisotopic (exact) mass is 152 g/mol. The van der Waals surface area contributed by atoms with E-state index in [4.69, 9.17) is 9.90 Å². The molecule has 0 heterocycles. The molecular weight excluding hydrogens is 148 g/mol. The van der Waals surface area contributed by atoms with Crippen molar-refractivity contribution < 1.29 is 27.8 Å². The van der Waals surface area contributed by atoms with Crippen molar-refractivity contribution in [2.75, 3.05) is 0 Å². The first-order valence-electron chi connectivity index (χ1n) is 0.908. The fourth-order valence-corrected chi connectivity index (χ4v) is 0. The summed E-state index contributed by atoms with van der Waals surface area (Å²) in [6.07, 6.45) is 0. The SMILES string of the molecule is CC(=O)[O-].O.[Ca+2].[Cl-]. The van der Waals surface area contributed by atoms with E-state index in [1.54, 1.807) is 0 Å². The van der Waals surface area contributed by atoms with Gasteiger partial charge in [0.1, 0.15) is 0 Å². The first-order valence-corrected chi connectivity index (χ1v) is 0.908. The van der Waals surface area contributed by atoms with Crippen LogP contribution in [0.25, 0.3) is 0 Å². The molecule has 0 rings (SSSR count). The van der Waals surface area contributed by atoms with Crippen LogP contribution in [0.3, 0.4) is 0 Å². The average molecular weight is 153 g/mol. The van der Waals surface area contributed by atoms with E-state index in [-0.39, 0.29) is 55.6 Å². The molecule has 0 unspecified atom stereocenters. The van der Waals surface area contributed by atoms with Crippen molar-refractivity contribution in [1.29, 1.82) is 0 Å². The minimum absolute atomic E-state index is 0. The maximum absolute atomic E-state index is 8.89. The van der Waals surface area contributed by atoms with Crippen molar-refractivity contribution in [1.82, 2.24) is 0 Å². The van der Waals surface area contributed by atoms with Crippen LogP contribution in [0.1, 0.15) is 6.92 Å². The zero-order valence-electron chi connectivity index (χ0n) is 3.90. The van der Waals surface area contributed by atoms with Crippen molar-refractivity contribution in [3.05, 3.63) is 0 Å². The molecular formula is C2H5CaClO3. The zero-order chi connectivity index (χ0) is 3.58. The number of rotatable bonds is 0. The number of hydrogen-bond acceptors (Lipinski definition) is 2. The fraction of sp³-hybridized carbons (Fsp3) is 0.500. The summed E-state index contributed by atoms with van der Waals surface area (Å²) in [6, 6.07) is 0. The normalized spacial score (nSPS) is 3.57. The van der Waals surface area contributed by atoms with Gasteiger partial charge in [0, 0.05) is 5.97 Å². The van der Waals surface area contributed by atoms with Crippen LogP contribution in [-0.2, 0) is 4.79 Å². The second kappa shape index (κ2) is 15.8. The molecule has 7 heavy (non-hydrogen) atoms. The van der Waals surface area contributed by atoms with E-state index in [1.165, 1.54) is 0 Å². The van der Waals surface area contributed by atoms with E-state index in [0.29, 0.717) is 0 Å². The Morgan fingerprint density at radius 2 is 1.57 bits per heavy atom. The van der Waals surface area contributed by atoms with Crippen LogP contribution in [0.15, 0.2) is 0 Å². The van der Waals surface area contributed by atoms with E-state index in [2.05, 4.69) is 0 Å². The molecule has 0 fully saturated rings. The Hall–Kier alpha value is 0.980. The van der Waals surface area contributed by atoms with E-state index in [9.17, 15) is 0 Å². The first-order chi connectivity index (χ1) is 1.73. The Balaban J connectivity index is -0.0000000150. The van der Waals surface area contributed by atoms with Gasteiger partial charge >= 0.3 is 37.7 Å². The average Bonchev–Trinajstić information content (AvgIpc) is 0.811. The molecule has 0 aromatic rings. The van der Waals surface area contributed by atoms with Gasteiger partial charge in [-0.2, -0.15) is 0 Å². The maximum Gasteiger partial charge on any atom is 2.00 e. The van der Waals surface area contributed by atoms with Crippen molar-refractivity contribution in [3.8, 4) is 0 Å². The third-order valence-electron chi connectivity index (χ3n) is 0. The molecule has 0 atom stereocenters. The number of halogens is 1. The van der Waals surface area contributed by atoms with Gasteiger partial charge in [-0.1, -0.05) is 0 Å². The zero-order valence-corrected chi connectivity index (χ0v) is 6.87. The minimum Gasteiger partial charge on any atom is -1.00 e. The summed E-state index contributed by atoms with van der Waals surface area (Å²) >= 11 is 0. The minimum atomic E-state index is -1.08. The number of hydrogen-bond donors (Lipinski definition) is 0. The molecule has 2 N–H and O–H groups in total. The summed E-state index contributed by atoms with van der Waals surface area (Å²) in [5.74, 6) is -1.08. The predicted octanol–water partition coefficient (Wildman–Crippen LogP) is -5.45. The summed E-state index contributed by atoms with van der Waals surface area (Å²) in [4.78, 5) is 8.89. The summed E-state index contributed by atoms with van der Waals surface area (Å²) in [5, 5.41) is 8.89. The van der Waals surface area contributed by atoms with Gasteiger partial charge in [-0.25, -0.2) is 0 Å². The topological polar surface area (TPSA) is 71.6 Å². The third kappa shape index (κ3) is 180. The van der Waals surface area contributed by atoms with Gasteiger partial charge in [-0.15, -0.1) is 0 Å². The van der Waals surface area contributed by atoms with E-state index < -0.39 is 5.97 Å². The molecule has 0 saturated heterocycles. The Bertz CT molecular complexity index is 35.9. The Morgan fingerprint density at radius 3 is 1.57 bits per heavy atom. The van der Waals surface area contributed by atoms with Gasteiger partial charge in [0.25, 0.3) is 0 Å². The maximum atomic E-state index is 8.89. The summed E-state index contributed by atoms with van der Waals surface area (Å²) in [7, 11) is 0. The second-order valence-electron chi connectivity index (χ2n) is 0.492. The number of carbonyl (C=O) groups excluding carboxylic acids is 1. The molecule has 0 radical (unpaired) electrons. The third-order valence-corrected chi connectivity index (χ3v) is 0. The largest absolute Gasteiger partial charge is 2.00 e. The van der Waals surface area contributed by atoms with Crippen LogP contribution in [0.4, 0.5) is 0 Å². The van der Waals surface area contributed by atoms with E-state index in [0.717, 1.165) is 6.92 Å². The van der Waals surface area contributed by atoms with Gasteiger partial charge in [-0.05, 0) is 6.92 Å². The van der Waals surface area contributed by atoms with Crippen LogP contribution in [0.2, 0.25) is 0 Å². The first kappa shape index (κ1) is 24.5. The van der Waals surface area contributed by atoms with Gasteiger partial charge in [0.15, 0.2) is 0 Å². The molecule has 0 aliphatic rings. The number of carbonyl (C=O) groups is 1. The van der Waals surface area contributed by atoms with E-state index >= 15 is 0 Å². The molecule has 40 valence electrons. The molecule has 0 saturated carbocycles. The Labute approximate surface area is 77.8 Å². The van der Waals surface area contributed by atoms with Crippen molar-refractivity contribution in [2.24, 2.45) is 0 Å². The summed E-state index contributed by atoms with van der Waals surface area (Å²) in [6.45, 7) is 0.972. The molecule has 0 spiro atoms. The van der Waals surface area contributed by atoms with Gasteiger partial charge in [0.2, 0.25) is 0 Å². The summed E-state index contributed by atoms with van der Waals surface area (Å²) < 4.78 is 0. The number of carboxylic acids is 1. The van der Waals surface area contributed by atoms with Crippen LogP contribution in [0, 0.1) is 0 Å². The van der Waals surface area contributed by atoms with Crippen molar-refractivity contribution in [3.63, 3.8) is 0 Å². The fourth-order valence-electron chi connectivity index (χ4n) is 0. The molecule has 0 amide bonds. The second-order valence-corrected chi connectivity index (χ2v) is 0.492. The molecule has 0 aromatic heterocycles. The van der Waals surface area contributed by atoms with Crippen molar-refractivity contribution >= 4 is 43.7 Å². The van der Waals surface area contributed by atoms with Gasteiger partial charge < -0.3 is 27.8 Å². The van der Waals surface area contributed by atoms with Crippen molar-refractivity contribution in [2.45, 2.75) is 6.92 Å². The van der Waals surface area contributed by atoms with E-state index in [1.807, 2.05) is 0 Å². The quantitative estimate of drug-likeness (QED) is 0.325. The van der Waals surface area contributed by atoms with Gasteiger partial charge in [0.05, 0.1) is 0 Å². The van der Waals surface area contributed by atoms with Crippen LogP contribution in [0.5, 0.6) is 0 Å². The summed E-state index contributed by atoms with van der Waals surface area (Å²) in [5.41, 5.74) is 0. The molecule has 0 bridgehead atoms. The number of aliphatic carboxylic acids is 1. The molecule has 0 aromatic carbocycles. The standard InChI is InChI=1S/C2H4O2.Ca.ClH.H2O/c1-2(3)4;;;/h1H3,(H,3,4);;1H;1H2/q;+2;;/p-2. The molecule has 0 aliphatic heterocycles. The predicted molar refractivity (Wildman–Crippen MR) is 20.0 cm³/mol. The Morgan fingerprint density at radius 1 is 1.57 bits per heavy atom.